The molecule has 0 fully saturated rings. The third-order valence-electron chi connectivity index (χ3n) is 5.43. The van der Waals surface area contributed by atoms with Gasteiger partial charge in [0.05, 0.1) is 6.61 Å². The third-order valence-corrected chi connectivity index (χ3v) is 5.43. The highest BCUT2D eigenvalue weighted by Gasteiger charge is 2.53. The molecule has 29 heavy (non-hydrogen) atoms. The predicted molar refractivity (Wildman–Crippen MR) is 105 cm³/mol. The van der Waals surface area contributed by atoms with Crippen molar-refractivity contribution in [3.63, 3.8) is 0 Å². The van der Waals surface area contributed by atoms with Crippen LogP contribution in [0.3, 0.4) is 0 Å². The molecule has 0 bridgehead atoms. The maximum atomic E-state index is 13.7. The second kappa shape index (κ2) is 6.84. The Bertz CT molecular complexity index is 1150. The van der Waals surface area contributed by atoms with Crippen LogP contribution in [-0.4, -0.2) is 36.3 Å². The van der Waals surface area contributed by atoms with E-state index < -0.39 is 23.0 Å². The Morgan fingerprint density at radius 3 is 2.69 bits per heavy atom. The standard InChI is InChI=1S/C22H19FN2O4/c1-3-29-20(27)19(26)11-22(15-6-4-5-7-18(15)25(2)21(22)28)16-12-24-17-10-13(23)8-9-14(16)17/h4-10,12,24H,3,11H2,1-2H3/t22-/m1/s1. The number of hydrogen-bond donors (Lipinski definition) is 1. The zero-order valence-corrected chi connectivity index (χ0v) is 16.0. The van der Waals surface area contributed by atoms with Gasteiger partial charge in [-0.05, 0) is 42.3 Å². The highest BCUT2D eigenvalue weighted by Crippen LogP contribution is 2.49. The number of benzene rings is 2. The number of para-hydroxylation sites is 1. The number of carbonyl (C=O) groups is 3. The van der Waals surface area contributed by atoms with E-state index in [1.807, 2.05) is 0 Å². The lowest BCUT2D eigenvalue weighted by Gasteiger charge is -2.27. The minimum Gasteiger partial charge on any atom is -0.460 e. The zero-order valence-electron chi connectivity index (χ0n) is 16.0. The van der Waals surface area contributed by atoms with Gasteiger partial charge in [0.25, 0.3) is 0 Å². The molecule has 0 radical (unpaired) electrons. The van der Waals surface area contributed by atoms with Crippen LogP contribution in [0.15, 0.2) is 48.7 Å². The van der Waals surface area contributed by atoms with Gasteiger partial charge in [0.15, 0.2) is 0 Å². The molecular formula is C22H19FN2O4. The van der Waals surface area contributed by atoms with Crippen LogP contribution in [0.1, 0.15) is 24.5 Å². The molecule has 148 valence electrons. The van der Waals surface area contributed by atoms with E-state index >= 15 is 0 Å². The van der Waals surface area contributed by atoms with Gasteiger partial charge < -0.3 is 14.6 Å². The highest BCUT2D eigenvalue weighted by molar-refractivity contribution is 6.35. The van der Waals surface area contributed by atoms with Gasteiger partial charge in [-0.3, -0.25) is 9.59 Å². The number of anilines is 1. The minimum absolute atomic E-state index is 0.0639. The lowest BCUT2D eigenvalue weighted by Crippen LogP contribution is -2.42. The van der Waals surface area contributed by atoms with Gasteiger partial charge in [0, 0.05) is 36.3 Å². The molecule has 1 atom stereocenters. The van der Waals surface area contributed by atoms with Gasteiger partial charge in [0.1, 0.15) is 11.2 Å². The van der Waals surface area contributed by atoms with Gasteiger partial charge >= 0.3 is 5.97 Å². The largest absolute Gasteiger partial charge is 0.460 e. The zero-order chi connectivity index (χ0) is 20.8. The predicted octanol–water partition coefficient (Wildman–Crippen LogP) is 3.09. The van der Waals surface area contributed by atoms with Crippen molar-refractivity contribution in [1.29, 1.82) is 0 Å². The molecule has 1 aromatic heterocycles. The molecule has 2 aromatic carbocycles. The lowest BCUT2D eigenvalue weighted by molar-refractivity contribution is -0.154. The van der Waals surface area contributed by atoms with E-state index in [0.29, 0.717) is 27.7 Å². The number of carbonyl (C=O) groups excluding carboxylic acids is 3. The summed E-state index contributed by atoms with van der Waals surface area (Å²) in [6, 6.07) is 11.3. The third kappa shape index (κ3) is 2.73. The molecule has 0 saturated carbocycles. The molecule has 0 spiro atoms. The Kier molecular flexibility index (Phi) is 4.45. The van der Waals surface area contributed by atoms with Crippen molar-refractivity contribution in [1.82, 2.24) is 4.98 Å². The number of esters is 1. The summed E-state index contributed by atoms with van der Waals surface area (Å²) < 4.78 is 18.5. The Balaban J connectivity index is 1.97. The lowest BCUT2D eigenvalue weighted by atomic mass is 9.71. The summed E-state index contributed by atoms with van der Waals surface area (Å²) in [7, 11) is 1.63. The summed E-state index contributed by atoms with van der Waals surface area (Å²) in [5.41, 5.74) is 0.890. The fraction of sp³-hybridized carbons (Fsp3) is 0.227. The normalized spacial score (nSPS) is 18.2. The van der Waals surface area contributed by atoms with Gasteiger partial charge in [0.2, 0.25) is 11.7 Å². The van der Waals surface area contributed by atoms with Crippen molar-refractivity contribution in [3.05, 3.63) is 65.6 Å². The number of hydrogen-bond acceptors (Lipinski definition) is 4. The topological polar surface area (TPSA) is 79.5 Å². The number of nitrogens with zero attached hydrogens (tertiary/aromatic N) is 1. The van der Waals surface area contributed by atoms with Crippen LogP contribution in [0.25, 0.3) is 10.9 Å². The van der Waals surface area contributed by atoms with Gasteiger partial charge in [-0.25, -0.2) is 9.18 Å². The molecule has 7 heteroatoms. The second-order valence-electron chi connectivity index (χ2n) is 7.00. The number of H-pyrrole nitrogens is 1. The average Bonchev–Trinajstić information content (AvgIpc) is 3.22. The van der Waals surface area contributed by atoms with Crippen molar-refractivity contribution < 1.29 is 23.5 Å². The number of amides is 1. The van der Waals surface area contributed by atoms with Crippen LogP contribution < -0.4 is 4.90 Å². The molecule has 3 aromatic rings. The molecular weight excluding hydrogens is 375 g/mol. The first-order valence-electron chi connectivity index (χ1n) is 9.25. The maximum Gasteiger partial charge on any atom is 0.374 e. The Labute approximate surface area is 166 Å². The molecule has 6 nitrogen and oxygen atoms in total. The van der Waals surface area contributed by atoms with Crippen molar-refractivity contribution in [2.45, 2.75) is 18.8 Å². The van der Waals surface area contributed by atoms with Gasteiger partial charge in [-0.2, -0.15) is 0 Å². The number of ether oxygens (including phenoxy) is 1. The van der Waals surface area contributed by atoms with Crippen molar-refractivity contribution in [3.8, 4) is 0 Å². The van der Waals surface area contributed by atoms with E-state index in [1.54, 1.807) is 50.5 Å². The average molecular weight is 394 g/mol. The van der Waals surface area contributed by atoms with Gasteiger partial charge in [-0.1, -0.05) is 18.2 Å². The quantitative estimate of drug-likeness (QED) is 0.533. The molecule has 1 aliphatic heterocycles. The second-order valence-corrected chi connectivity index (χ2v) is 7.00. The fourth-order valence-electron chi connectivity index (χ4n) is 4.14. The number of likely N-dealkylation sites (N-methyl/N-ethyl adjacent to an activating group) is 1. The van der Waals surface area contributed by atoms with Crippen molar-refractivity contribution in [2.24, 2.45) is 0 Å². The Morgan fingerprint density at radius 1 is 1.17 bits per heavy atom. The van der Waals surface area contributed by atoms with E-state index in [0.717, 1.165) is 0 Å². The SMILES string of the molecule is CCOC(=O)C(=O)C[C@@]1(c2c[nH]c3cc(F)ccc23)C(=O)N(C)c2ccccc21. The molecule has 0 unspecified atom stereocenters. The summed E-state index contributed by atoms with van der Waals surface area (Å²) >= 11 is 0. The smallest absolute Gasteiger partial charge is 0.374 e. The summed E-state index contributed by atoms with van der Waals surface area (Å²) in [5.74, 6) is -2.52. The molecule has 1 N–H and O–H groups in total. The molecule has 0 saturated heterocycles. The number of nitrogens with one attached hydrogen (secondary N) is 1. The summed E-state index contributed by atoms with van der Waals surface area (Å²) in [6.07, 6.45) is 1.23. The number of rotatable bonds is 5. The maximum absolute atomic E-state index is 13.7. The fourth-order valence-corrected chi connectivity index (χ4v) is 4.14. The first kappa shape index (κ1) is 18.9. The minimum atomic E-state index is -1.41. The van der Waals surface area contributed by atoms with E-state index in [9.17, 15) is 18.8 Å². The van der Waals surface area contributed by atoms with Crippen LogP contribution in [0.4, 0.5) is 10.1 Å². The van der Waals surface area contributed by atoms with Crippen LogP contribution in [0.2, 0.25) is 0 Å². The van der Waals surface area contributed by atoms with Gasteiger partial charge in [-0.15, -0.1) is 0 Å². The van der Waals surface area contributed by atoms with Crippen molar-refractivity contribution >= 4 is 34.3 Å². The summed E-state index contributed by atoms with van der Waals surface area (Å²) in [5, 5.41) is 0.613. The van der Waals surface area contributed by atoms with E-state index in [2.05, 4.69) is 4.98 Å². The van der Waals surface area contributed by atoms with Crippen LogP contribution >= 0.6 is 0 Å². The molecule has 1 amide bonds. The van der Waals surface area contributed by atoms with Crippen molar-refractivity contribution in [2.75, 3.05) is 18.6 Å². The monoisotopic (exact) mass is 394 g/mol. The molecule has 2 heterocycles. The first-order valence-corrected chi connectivity index (χ1v) is 9.25. The Morgan fingerprint density at radius 2 is 1.93 bits per heavy atom. The van der Waals surface area contributed by atoms with E-state index in [-0.39, 0.29) is 18.9 Å². The molecule has 0 aliphatic carbocycles. The summed E-state index contributed by atoms with van der Waals surface area (Å²) in [4.78, 5) is 42.8. The van der Waals surface area contributed by atoms with Crippen LogP contribution in [-0.2, 0) is 24.5 Å². The number of aromatic amines is 1. The number of fused-ring (bicyclic) bond motifs is 2. The first-order chi connectivity index (χ1) is 13.9. The van der Waals surface area contributed by atoms with E-state index in [4.69, 9.17) is 4.74 Å². The number of ketones is 1. The highest BCUT2D eigenvalue weighted by atomic mass is 19.1. The number of Topliss-reactive ketones (excluding diaryl/α,β-unsaturated/α-hetero) is 1. The molecule has 4 rings (SSSR count). The van der Waals surface area contributed by atoms with Crippen LogP contribution in [0, 0.1) is 5.82 Å². The number of halogens is 1. The Hall–Kier alpha value is -3.48. The molecule has 1 aliphatic rings. The number of aromatic nitrogens is 1. The summed E-state index contributed by atoms with van der Waals surface area (Å²) in [6.45, 7) is 1.67. The van der Waals surface area contributed by atoms with Crippen LogP contribution in [0.5, 0.6) is 0 Å². The van der Waals surface area contributed by atoms with E-state index in [1.165, 1.54) is 17.0 Å².